The molecule has 6 atom stereocenters. The fraction of sp³-hybridized carbons (Fsp3) is 0.714. The van der Waals surface area contributed by atoms with Gasteiger partial charge in [-0.1, -0.05) is 26.8 Å². The van der Waals surface area contributed by atoms with Crippen molar-refractivity contribution in [3.63, 3.8) is 0 Å². The van der Waals surface area contributed by atoms with Crippen LogP contribution in [0.4, 0.5) is 4.79 Å². The van der Waals surface area contributed by atoms with E-state index in [1.807, 2.05) is 33.8 Å². The molecule has 4 aliphatic rings. The number of ether oxygens (including phenoxy) is 6. The Bertz CT molecular complexity index is 938. The molecule has 2 fully saturated rings. The van der Waals surface area contributed by atoms with Crippen LogP contribution in [0.25, 0.3) is 0 Å². The molecule has 0 spiro atoms. The normalized spacial score (nSPS) is 37.2. The smallest absolute Gasteiger partial charge is 0.434 e. The first-order valence-electron chi connectivity index (χ1n) is 10.6. The quantitative estimate of drug-likeness (QED) is 0.589. The maximum atomic E-state index is 12.1. The maximum Gasteiger partial charge on any atom is 0.508 e. The van der Waals surface area contributed by atoms with Gasteiger partial charge in [0.2, 0.25) is 5.60 Å². The Balaban J connectivity index is 1.57. The van der Waals surface area contributed by atoms with Crippen molar-refractivity contribution in [2.45, 2.75) is 70.0 Å². The maximum absolute atomic E-state index is 12.1. The molecule has 4 aliphatic heterocycles. The van der Waals surface area contributed by atoms with Crippen LogP contribution in [0.5, 0.6) is 0 Å². The molecule has 0 radical (unpaired) electrons. The Morgan fingerprint density at radius 3 is 2.82 bits per heavy atom. The number of nitrogens with zero attached hydrogens (tertiary/aromatic N) is 4. The van der Waals surface area contributed by atoms with Crippen LogP contribution in [0.2, 0.25) is 0 Å². The van der Waals surface area contributed by atoms with Crippen LogP contribution in [-0.2, 0) is 28.4 Å². The number of aliphatic imine (C=N–C) groups is 1. The van der Waals surface area contributed by atoms with Gasteiger partial charge in [-0.05, 0) is 18.8 Å². The summed E-state index contributed by atoms with van der Waals surface area (Å²) in [5, 5.41) is 16.4. The summed E-state index contributed by atoms with van der Waals surface area (Å²) in [5.41, 5.74) is 3.83. The molecule has 2 N–H and O–H groups in total. The number of hydrazone groups is 1. The summed E-state index contributed by atoms with van der Waals surface area (Å²) in [6.45, 7) is 6.64. The molecule has 0 bridgehead atoms. The number of carbonyl (C=O) groups is 1. The number of hydrogen-bond acceptors (Lipinski definition) is 12. The molecule has 4 heterocycles. The van der Waals surface area contributed by atoms with Gasteiger partial charge in [0.15, 0.2) is 5.84 Å². The Labute approximate surface area is 191 Å². The monoisotopic (exact) mass is 463 g/mol. The highest BCUT2D eigenvalue weighted by atomic mass is 16.9. The van der Waals surface area contributed by atoms with Crippen molar-refractivity contribution in [2.75, 3.05) is 20.3 Å². The molecule has 33 heavy (non-hydrogen) atoms. The lowest BCUT2D eigenvalue weighted by atomic mass is 9.76. The van der Waals surface area contributed by atoms with Gasteiger partial charge in [-0.15, -0.1) is 0 Å². The minimum atomic E-state index is -1.55. The lowest BCUT2D eigenvalue weighted by Gasteiger charge is -2.46. The first kappa shape index (κ1) is 23.4. The Hall–Kier alpha value is -2.72. The van der Waals surface area contributed by atoms with E-state index in [1.165, 1.54) is 13.4 Å². The molecule has 4 rings (SSSR count). The van der Waals surface area contributed by atoms with Gasteiger partial charge in [0.25, 0.3) is 6.48 Å². The first-order chi connectivity index (χ1) is 15.5. The van der Waals surface area contributed by atoms with Gasteiger partial charge in [0.1, 0.15) is 42.9 Å². The molecule has 180 valence electrons. The van der Waals surface area contributed by atoms with E-state index in [-0.39, 0.29) is 24.5 Å². The summed E-state index contributed by atoms with van der Waals surface area (Å²) in [4.78, 5) is 16.1. The van der Waals surface area contributed by atoms with Crippen molar-refractivity contribution in [1.82, 2.24) is 5.01 Å². The number of carbonyl (C=O) groups excluding carboxylic acids is 1. The predicted octanol–water partition coefficient (Wildman–Crippen LogP) is 1.22. The fourth-order valence-corrected chi connectivity index (χ4v) is 4.41. The van der Waals surface area contributed by atoms with Gasteiger partial charge in [-0.25, -0.2) is 9.79 Å². The van der Waals surface area contributed by atoms with E-state index in [1.54, 1.807) is 5.01 Å². The highest BCUT2D eigenvalue weighted by Gasteiger charge is 2.72. The molecular weight excluding hydrogens is 434 g/mol. The second-order valence-corrected chi connectivity index (χ2v) is 9.72. The number of methoxy groups -OCH3 is 1. The molecule has 12 nitrogen and oxygen atoms in total. The van der Waals surface area contributed by atoms with Crippen molar-refractivity contribution in [2.24, 2.45) is 21.2 Å². The largest absolute Gasteiger partial charge is 0.508 e. The van der Waals surface area contributed by atoms with Crippen LogP contribution in [0, 0.1) is 16.7 Å². The fourth-order valence-electron chi connectivity index (χ4n) is 4.41. The minimum absolute atomic E-state index is 0.194. The van der Waals surface area contributed by atoms with Gasteiger partial charge >= 0.3 is 6.16 Å². The number of amidine groups is 1. The summed E-state index contributed by atoms with van der Waals surface area (Å²) in [7, 11) is 1.43. The topological polar surface area (TPSA) is 150 Å². The molecule has 0 amide bonds. The zero-order chi connectivity index (χ0) is 24.0. The summed E-state index contributed by atoms with van der Waals surface area (Å²) in [6.07, 6.45) is 0.341. The van der Waals surface area contributed by atoms with E-state index < -0.39 is 42.1 Å². The summed E-state index contributed by atoms with van der Waals surface area (Å²) >= 11 is 0. The molecule has 12 heteroatoms. The average molecular weight is 463 g/mol. The van der Waals surface area contributed by atoms with Gasteiger partial charge < -0.3 is 34.2 Å². The second-order valence-electron chi connectivity index (χ2n) is 9.72. The van der Waals surface area contributed by atoms with Crippen molar-refractivity contribution in [1.29, 1.82) is 5.26 Å². The highest BCUT2D eigenvalue weighted by molar-refractivity contribution is 6.02. The van der Waals surface area contributed by atoms with Crippen LogP contribution in [0.15, 0.2) is 21.9 Å². The SMILES string of the molecule is COC1O[C@H]2[C@@H](O1)[C@](C#N)(C1(C)CC=C3C(N)=NC=NN31)O[C@@H]2COC(=O)OCC(C)(C)C. The third-order valence-electron chi connectivity index (χ3n) is 6.09. The van der Waals surface area contributed by atoms with E-state index in [4.69, 9.17) is 34.2 Å². The summed E-state index contributed by atoms with van der Waals surface area (Å²) in [5.74, 6) is 0.288. The number of hydrogen-bond donors (Lipinski definition) is 1. The first-order valence-corrected chi connectivity index (χ1v) is 10.6. The third-order valence-corrected chi connectivity index (χ3v) is 6.09. The number of nitrogens with two attached hydrogens (primary N) is 1. The lowest BCUT2D eigenvalue weighted by Crippen LogP contribution is -2.64. The summed E-state index contributed by atoms with van der Waals surface area (Å²) in [6, 6.07) is 2.30. The standard InChI is InChI=1S/C21H29N5O7/c1-19(2,3)10-30-17(27)29-8-13-14-15(32-18(28-5)31-14)21(9-22,33-13)20(4)7-6-12-16(23)24-11-25-26(12)20/h6,11,13-15,18H,7-8,10H2,1-5H3,(H2,23,24,25)/t13-,14-,15-,18?,20?,21-/m1/s1. The van der Waals surface area contributed by atoms with E-state index >= 15 is 0 Å². The van der Waals surface area contributed by atoms with E-state index in [9.17, 15) is 10.1 Å². The number of fused-ring (bicyclic) bond motifs is 2. The van der Waals surface area contributed by atoms with Crippen LogP contribution in [0.1, 0.15) is 34.1 Å². The van der Waals surface area contributed by atoms with Gasteiger partial charge in [-0.3, -0.25) is 5.01 Å². The van der Waals surface area contributed by atoms with Crippen molar-refractivity contribution < 1.29 is 33.2 Å². The Morgan fingerprint density at radius 2 is 2.15 bits per heavy atom. The van der Waals surface area contributed by atoms with E-state index in [0.717, 1.165) is 0 Å². The molecule has 0 aromatic rings. The molecule has 0 aliphatic carbocycles. The van der Waals surface area contributed by atoms with E-state index in [0.29, 0.717) is 12.1 Å². The van der Waals surface area contributed by atoms with Crippen molar-refractivity contribution in [3.8, 4) is 6.07 Å². The molecular formula is C21H29N5O7. The molecule has 2 saturated heterocycles. The molecule has 0 saturated carbocycles. The summed E-state index contributed by atoms with van der Waals surface area (Å²) < 4.78 is 33.7. The van der Waals surface area contributed by atoms with Crippen LogP contribution in [-0.4, -0.2) is 79.6 Å². The number of rotatable bonds is 5. The molecule has 0 aromatic carbocycles. The van der Waals surface area contributed by atoms with E-state index in [2.05, 4.69) is 16.2 Å². The van der Waals surface area contributed by atoms with Crippen LogP contribution >= 0.6 is 0 Å². The number of nitriles is 1. The average Bonchev–Trinajstić information content (AvgIpc) is 3.43. The van der Waals surface area contributed by atoms with Crippen molar-refractivity contribution in [3.05, 3.63) is 11.8 Å². The Kier molecular flexibility index (Phi) is 5.86. The zero-order valence-corrected chi connectivity index (χ0v) is 19.3. The third kappa shape index (κ3) is 3.85. The van der Waals surface area contributed by atoms with Crippen molar-refractivity contribution >= 4 is 18.3 Å². The van der Waals surface area contributed by atoms with Gasteiger partial charge in [-0.2, -0.15) is 10.4 Å². The van der Waals surface area contributed by atoms with Crippen LogP contribution in [0.3, 0.4) is 0 Å². The van der Waals surface area contributed by atoms with Gasteiger partial charge in [0.05, 0.1) is 12.3 Å². The highest BCUT2D eigenvalue weighted by Crippen LogP contribution is 2.52. The second kappa shape index (κ2) is 8.25. The van der Waals surface area contributed by atoms with Gasteiger partial charge in [0, 0.05) is 7.11 Å². The van der Waals surface area contributed by atoms with Crippen LogP contribution < -0.4 is 5.73 Å². The molecule has 2 unspecified atom stereocenters. The molecule has 0 aromatic heterocycles. The Morgan fingerprint density at radius 1 is 1.39 bits per heavy atom. The lowest BCUT2D eigenvalue weighted by molar-refractivity contribution is -0.266. The zero-order valence-electron chi connectivity index (χ0n) is 19.3. The minimum Gasteiger partial charge on any atom is -0.434 e. The predicted molar refractivity (Wildman–Crippen MR) is 114 cm³/mol.